The fourth-order valence-corrected chi connectivity index (χ4v) is 3.10. The summed E-state index contributed by atoms with van der Waals surface area (Å²) in [5.41, 5.74) is 2.78. The number of hydrogen-bond donors (Lipinski definition) is 2. The van der Waals surface area contributed by atoms with Gasteiger partial charge in [0.05, 0.1) is 29.0 Å². The highest BCUT2D eigenvalue weighted by Gasteiger charge is 2.23. The van der Waals surface area contributed by atoms with Gasteiger partial charge in [0.2, 0.25) is 5.90 Å². The summed E-state index contributed by atoms with van der Waals surface area (Å²) in [5, 5.41) is 19.1. The highest BCUT2D eigenvalue weighted by molar-refractivity contribution is 7.12. The molecule has 26 heavy (non-hydrogen) atoms. The lowest BCUT2D eigenvalue weighted by molar-refractivity contribution is 0.405. The summed E-state index contributed by atoms with van der Waals surface area (Å²) in [7, 11) is 1.45. The van der Waals surface area contributed by atoms with Gasteiger partial charge in [0.15, 0.2) is 0 Å². The molecule has 0 radical (unpaired) electrons. The zero-order valence-electron chi connectivity index (χ0n) is 14.8. The first-order chi connectivity index (χ1) is 12.6. The van der Waals surface area contributed by atoms with Gasteiger partial charge < -0.3 is 4.74 Å². The highest BCUT2D eigenvalue weighted by Crippen LogP contribution is 2.29. The molecule has 2 aromatic heterocycles. The minimum Gasteiger partial charge on any atom is -0.481 e. The molecule has 0 atom stereocenters. The van der Waals surface area contributed by atoms with Gasteiger partial charge in [0, 0.05) is 11.8 Å². The fourth-order valence-electron chi connectivity index (χ4n) is 2.42. The van der Waals surface area contributed by atoms with Gasteiger partial charge in [-0.25, -0.2) is 0 Å². The minimum atomic E-state index is -0.0358. The second kappa shape index (κ2) is 9.44. The molecule has 5 heteroatoms. The number of methoxy groups -OCH3 is 1. The molecule has 0 fully saturated rings. The van der Waals surface area contributed by atoms with Gasteiger partial charge in [0.1, 0.15) is 0 Å². The van der Waals surface area contributed by atoms with Crippen molar-refractivity contribution in [1.29, 1.82) is 10.8 Å². The van der Waals surface area contributed by atoms with Crippen molar-refractivity contribution < 1.29 is 4.74 Å². The van der Waals surface area contributed by atoms with Gasteiger partial charge in [-0.15, -0.1) is 11.3 Å². The molecule has 0 aromatic carbocycles. The van der Waals surface area contributed by atoms with Crippen molar-refractivity contribution in [1.82, 2.24) is 4.98 Å². The normalized spacial score (nSPS) is 12.6. The summed E-state index contributed by atoms with van der Waals surface area (Å²) in [4.78, 5) is 5.20. The van der Waals surface area contributed by atoms with Crippen molar-refractivity contribution in [2.75, 3.05) is 7.11 Å². The number of nitrogens with one attached hydrogen (secondary N) is 2. The molecule has 0 aliphatic rings. The summed E-state index contributed by atoms with van der Waals surface area (Å²) in [6.45, 7) is 5.61. The van der Waals surface area contributed by atoms with E-state index >= 15 is 0 Å². The molecule has 0 aliphatic carbocycles. The first kappa shape index (κ1) is 19.3. The number of rotatable bonds is 7. The molecule has 0 saturated carbocycles. The monoisotopic (exact) mass is 363 g/mol. The van der Waals surface area contributed by atoms with E-state index in [-0.39, 0.29) is 5.90 Å². The lowest BCUT2D eigenvalue weighted by Crippen LogP contribution is -2.14. The maximum absolute atomic E-state index is 8.79. The third-order valence-corrected chi connectivity index (χ3v) is 4.52. The summed E-state index contributed by atoms with van der Waals surface area (Å²) >= 11 is 1.48. The zero-order valence-corrected chi connectivity index (χ0v) is 15.6. The van der Waals surface area contributed by atoms with Crippen LogP contribution in [0, 0.1) is 10.8 Å². The van der Waals surface area contributed by atoms with Crippen LogP contribution < -0.4 is 0 Å². The molecule has 0 unspecified atom stereocenters. The third kappa shape index (κ3) is 4.32. The molecule has 4 nitrogen and oxygen atoms in total. The van der Waals surface area contributed by atoms with Gasteiger partial charge in [-0.1, -0.05) is 43.0 Å². The summed E-state index contributed by atoms with van der Waals surface area (Å²) in [6.07, 6.45) is 8.93. The van der Waals surface area contributed by atoms with E-state index in [0.717, 1.165) is 10.5 Å². The van der Waals surface area contributed by atoms with Crippen molar-refractivity contribution >= 4 is 28.5 Å². The molecule has 2 aromatic rings. The third-order valence-electron chi connectivity index (χ3n) is 3.63. The molecule has 0 spiro atoms. The van der Waals surface area contributed by atoms with Crippen LogP contribution in [0.5, 0.6) is 0 Å². The van der Waals surface area contributed by atoms with Crippen molar-refractivity contribution in [2.45, 2.75) is 6.92 Å². The Bertz CT molecular complexity index is 875. The lowest BCUT2D eigenvalue weighted by Gasteiger charge is -2.17. The summed E-state index contributed by atoms with van der Waals surface area (Å²) in [5.74, 6) is -0.0358. The van der Waals surface area contributed by atoms with Crippen molar-refractivity contribution in [2.24, 2.45) is 0 Å². The van der Waals surface area contributed by atoms with Crippen LogP contribution in [0.1, 0.15) is 17.5 Å². The van der Waals surface area contributed by atoms with E-state index in [1.54, 1.807) is 12.3 Å². The summed E-state index contributed by atoms with van der Waals surface area (Å²) < 4.78 is 5.24. The summed E-state index contributed by atoms with van der Waals surface area (Å²) in [6, 6.07) is 9.28. The molecule has 0 aliphatic heterocycles. The number of ether oxygens (including phenoxy) is 1. The van der Waals surface area contributed by atoms with Crippen LogP contribution in [0.15, 0.2) is 83.9 Å². The smallest absolute Gasteiger partial charge is 0.215 e. The maximum Gasteiger partial charge on any atom is 0.215 e. The van der Waals surface area contributed by atoms with Crippen molar-refractivity contribution in [3.63, 3.8) is 0 Å². The van der Waals surface area contributed by atoms with Crippen LogP contribution in [-0.4, -0.2) is 23.7 Å². The fraction of sp³-hybridized carbons (Fsp3) is 0.0952. The number of thiophene rings is 1. The van der Waals surface area contributed by atoms with Crippen molar-refractivity contribution in [3.8, 4) is 0 Å². The average Bonchev–Trinajstić information content (AvgIpc) is 3.22. The molecular formula is C21H21N3OS. The number of aromatic nitrogens is 1. The van der Waals surface area contributed by atoms with Gasteiger partial charge >= 0.3 is 0 Å². The predicted molar refractivity (Wildman–Crippen MR) is 110 cm³/mol. The number of allylic oxidation sites excluding steroid dienone is 6. The topological polar surface area (TPSA) is 69.8 Å². The second-order valence-corrected chi connectivity index (χ2v) is 6.14. The Morgan fingerprint density at radius 3 is 2.58 bits per heavy atom. The second-order valence-electron chi connectivity index (χ2n) is 5.19. The van der Waals surface area contributed by atoms with E-state index in [0.29, 0.717) is 22.6 Å². The van der Waals surface area contributed by atoms with Gasteiger partial charge in [-0.3, -0.25) is 15.8 Å². The van der Waals surface area contributed by atoms with Crippen molar-refractivity contribution in [3.05, 3.63) is 94.5 Å². The molecule has 0 bridgehead atoms. The Morgan fingerprint density at radius 1 is 1.23 bits per heavy atom. The van der Waals surface area contributed by atoms with Crippen LogP contribution in [0.25, 0.3) is 5.57 Å². The average molecular weight is 363 g/mol. The Morgan fingerprint density at radius 2 is 2.04 bits per heavy atom. The van der Waals surface area contributed by atoms with E-state index < -0.39 is 0 Å². The molecular weight excluding hydrogens is 342 g/mol. The zero-order chi connectivity index (χ0) is 18.9. The Balaban J connectivity index is 2.82. The minimum absolute atomic E-state index is 0.0358. The number of hydrogen-bond acceptors (Lipinski definition) is 5. The van der Waals surface area contributed by atoms with Crippen LogP contribution in [0.4, 0.5) is 0 Å². The highest BCUT2D eigenvalue weighted by atomic mass is 32.1. The van der Waals surface area contributed by atoms with Gasteiger partial charge in [-0.05, 0) is 36.1 Å². The molecule has 2 heterocycles. The molecule has 132 valence electrons. The van der Waals surface area contributed by atoms with Crippen LogP contribution in [0.3, 0.4) is 0 Å². The van der Waals surface area contributed by atoms with E-state index in [9.17, 15) is 0 Å². The first-order valence-corrected chi connectivity index (χ1v) is 8.89. The standard InChI is InChI=1S/C21H21N3OS/c1-4-6-10-15(5-2)18(20(22)17-12-9-14-26-17)19(21(23)25-3)16-11-7-8-13-24-16/h4-14,22-23H,1H2,2-3H3/b10-6-,15-5+,19-18-,22-20?,23-21?. The van der Waals surface area contributed by atoms with Gasteiger partial charge in [0.25, 0.3) is 0 Å². The predicted octanol–water partition coefficient (Wildman–Crippen LogP) is 5.28. The molecule has 2 rings (SSSR count). The lowest BCUT2D eigenvalue weighted by atomic mass is 9.91. The first-order valence-electron chi connectivity index (χ1n) is 8.01. The maximum atomic E-state index is 8.79. The van der Waals surface area contributed by atoms with Crippen LogP contribution >= 0.6 is 11.3 Å². The van der Waals surface area contributed by atoms with E-state index in [4.69, 9.17) is 15.6 Å². The Hall–Kier alpha value is -3.05. The molecule has 2 N–H and O–H groups in total. The molecule has 0 saturated heterocycles. The van der Waals surface area contributed by atoms with Crippen LogP contribution in [-0.2, 0) is 4.74 Å². The van der Waals surface area contributed by atoms with E-state index in [1.807, 2.05) is 60.9 Å². The SMILES string of the molecule is C=C\C=C/C(=C\C)C(/C(=N)c1cccs1)=C(/C(=N)OC)c1ccccn1. The van der Waals surface area contributed by atoms with E-state index in [1.165, 1.54) is 18.4 Å². The Kier molecular flexibility index (Phi) is 7.00. The largest absolute Gasteiger partial charge is 0.481 e. The molecule has 0 amide bonds. The Labute approximate surface area is 157 Å². The van der Waals surface area contributed by atoms with E-state index in [2.05, 4.69) is 11.6 Å². The number of pyridine rings is 1. The van der Waals surface area contributed by atoms with Crippen LogP contribution in [0.2, 0.25) is 0 Å². The number of nitrogens with zero attached hydrogens (tertiary/aromatic N) is 1. The quantitative estimate of drug-likeness (QED) is 0.399. The van der Waals surface area contributed by atoms with Gasteiger partial charge in [-0.2, -0.15) is 0 Å².